The van der Waals surface area contributed by atoms with Crippen LogP contribution >= 0.6 is 11.3 Å². The fourth-order valence-corrected chi connectivity index (χ4v) is 4.72. The van der Waals surface area contributed by atoms with Crippen molar-refractivity contribution in [3.8, 4) is 11.5 Å². The second kappa shape index (κ2) is 9.50. The van der Waals surface area contributed by atoms with Crippen molar-refractivity contribution >= 4 is 28.8 Å². The molecule has 1 aliphatic heterocycles. The second-order valence-electron chi connectivity index (χ2n) is 7.98. The van der Waals surface area contributed by atoms with Gasteiger partial charge in [0, 0.05) is 17.0 Å². The maximum Gasteiger partial charge on any atom is 0.295 e. The van der Waals surface area contributed by atoms with Gasteiger partial charge < -0.3 is 19.5 Å². The molecule has 0 radical (unpaired) electrons. The van der Waals surface area contributed by atoms with Gasteiger partial charge in [-0.25, -0.2) is 0 Å². The molecule has 1 amide bonds. The fraction of sp³-hybridized carbons (Fsp3) is 0.231. The van der Waals surface area contributed by atoms with E-state index in [9.17, 15) is 14.7 Å². The normalized spacial score (nSPS) is 17.6. The monoisotopic (exact) mass is 463 g/mol. The van der Waals surface area contributed by atoms with E-state index < -0.39 is 17.7 Å². The van der Waals surface area contributed by atoms with E-state index in [1.165, 1.54) is 16.2 Å². The number of hydrogen-bond acceptors (Lipinski definition) is 6. The summed E-state index contributed by atoms with van der Waals surface area (Å²) in [7, 11) is 1.58. The highest BCUT2D eigenvalue weighted by Crippen LogP contribution is 2.42. The molecule has 7 heteroatoms. The Hall–Kier alpha value is -3.58. The van der Waals surface area contributed by atoms with Crippen molar-refractivity contribution in [2.45, 2.75) is 32.5 Å². The lowest BCUT2D eigenvalue weighted by Crippen LogP contribution is -2.28. The number of likely N-dealkylation sites (tertiary alicyclic amines) is 1. The van der Waals surface area contributed by atoms with Gasteiger partial charge in [0.2, 0.25) is 0 Å². The molecule has 6 nitrogen and oxygen atoms in total. The summed E-state index contributed by atoms with van der Waals surface area (Å²) in [6, 6.07) is 17.3. The smallest absolute Gasteiger partial charge is 0.295 e. The highest BCUT2D eigenvalue weighted by Gasteiger charge is 2.46. The van der Waals surface area contributed by atoms with Gasteiger partial charge in [0.1, 0.15) is 17.3 Å². The molecular formula is C26H25NO5S. The Labute approximate surface area is 196 Å². The highest BCUT2D eigenvalue weighted by molar-refractivity contribution is 7.10. The number of Topliss-reactive ketones (excluding diaryl/α,β-unsaturated/α-hetero) is 1. The van der Waals surface area contributed by atoms with E-state index in [-0.39, 0.29) is 24.0 Å². The number of carbonyl (C=O) groups is 2. The van der Waals surface area contributed by atoms with Crippen LogP contribution in [0.2, 0.25) is 0 Å². The zero-order valence-electron chi connectivity index (χ0n) is 18.6. The summed E-state index contributed by atoms with van der Waals surface area (Å²) in [5, 5.41) is 13.0. The van der Waals surface area contributed by atoms with Crippen LogP contribution in [0, 0.1) is 0 Å². The number of methoxy groups -OCH3 is 1. The molecule has 1 atom stereocenters. The first-order valence-electron chi connectivity index (χ1n) is 10.6. The van der Waals surface area contributed by atoms with E-state index in [1.807, 2.05) is 55.6 Å². The minimum absolute atomic E-state index is 0.0187. The number of aliphatic hydroxyl groups is 1. The summed E-state index contributed by atoms with van der Waals surface area (Å²) in [6.45, 7) is 4.07. The van der Waals surface area contributed by atoms with Gasteiger partial charge in [0.25, 0.3) is 11.7 Å². The molecule has 1 saturated heterocycles. The van der Waals surface area contributed by atoms with Gasteiger partial charge in [0.15, 0.2) is 0 Å². The average Bonchev–Trinajstić information content (AvgIpc) is 3.42. The summed E-state index contributed by atoms with van der Waals surface area (Å²) >= 11 is 1.44. The lowest BCUT2D eigenvalue weighted by atomic mass is 9.99. The topological polar surface area (TPSA) is 76.1 Å². The van der Waals surface area contributed by atoms with E-state index in [4.69, 9.17) is 9.47 Å². The number of benzene rings is 2. The summed E-state index contributed by atoms with van der Waals surface area (Å²) in [6.07, 6.45) is 0.0187. The van der Waals surface area contributed by atoms with E-state index in [0.717, 1.165) is 10.4 Å². The standard InChI is InChI=1S/C26H25NO5S/c1-16(2)32-19-11-9-18(10-12-19)24(28)22-23(21-8-5-13-33-21)27(26(30)25(22)29)15-17-6-4-7-20(14-17)31-3/h4-14,16,23,28H,15H2,1-3H3/b24-22-. The van der Waals surface area contributed by atoms with Crippen molar-refractivity contribution in [2.24, 2.45) is 0 Å². The van der Waals surface area contributed by atoms with Crippen LogP contribution in [0.15, 0.2) is 71.6 Å². The summed E-state index contributed by atoms with van der Waals surface area (Å²) in [5.74, 6) is -0.208. The molecule has 0 spiro atoms. The highest BCUT2D eigenvalue weighted by atomic mass is 32.1. The van der Waals surface area contributed by atoms with Gasteiger partial charge in [-0.2, -0.15) is 0 Å². The molecule has 0 aliphatic carbocycles. The van der Waals surface area contributed by atoms with E-state index >= 15 is 0 Å². The maximum atomic E-state index is 13.1. The molecule has 2 aromatic carbocycles. The third-order valence-electron chi connectivity index (χ3n) is 5.34. The van der Waals surface area contributed by atoms with E-state index in [0.29, 0.717) is 17.1 Å². The number of thiophene rings is 1. The molecule has 170 valence electrons. The van der Waals surface area contributed by atoms with Crippen LogP contribution in [0.3, 0.4) is 0 Å². The summed E-state index contributed by atoms with van der Waals surface area (Å²) in [4.78, 5) is 28.5. The predicted molar refractivity (Wildman–Crippen MR) is 127 cm³/mol. The SMILES string of the molecule is COc1cccc(CN2C(=O)C(=O)/C(=C(\O)c3ccc(OC(C)C)cc3)C2c2cccs2)c1. The van der Waals surface area contributed by atoms with E-state index in [1.54, 1.807) is 31.4 Å². The molecule has 1 aromatic heterocycles. The molecule has 1 aliphatic rings. The molecule has 1 N–H and O–H groups in total. The zero-order valence-corrected chi connectivity index (χ0v) is 19.5. The minimum atomic E-state index is -0.698. The van der Waals surface area contributed by atoms with Crippen LogP contribution < -0.4 is 9.47 Å². The molecule has 4 rings (SSSR count). The Morgan fingerprint density at radius 2 is 1.82 bits per heavy atom. The molecule has 1 fully saturated rings. The third kappa shape index (κ3) is 4.64. The summed E-state index contributed by atoms with van der Waals surface area (Å²) in [5.41, 5.74) is 1.36. The minimum Gasteiger partial charge on any atom is -0.507 e. The Morgan fingerprint density at radius 1 is 1.06 bits per heavy atom. The van der Waals surface area contributed by atoms with Gasteiger partial charge in [0.05, 0.1) is 24.8 Å². The van der Waals surface area contributed by atoms with Gasteiger partial charge in [-0.05, 0) is 67.3 Å². The van der Waals surface area contributed by atoms with Gasteiger partial charge in [-0.15, -0.1) is 11.3 Å². The quantitative estimate of drug-likeness (QED) is 0.297. The van der Waals surface area contributed by atoms with Crippen LogP contribution in [0.5, 0.6) is 11.5 Å². The number of rotatable bonds is 7. The van der Waals surface area contributed by atoms with Crippen LogP contribution in [0.25, 0.3) is 5.76 Å². The van der Waals surface area contributed by atoms with Crippen molar-refractivity contribution < 1.29 is 24.2 Å². The molecule has 1 unspecified atom stereocenters. The molecule has 3 aromatic rings. The van der Waals surface area contributed by atoms with Crippen molar-refractivity contribution in [2.75, 3.05) is 7.11 Å². The first kappa shape index (κ1) is 22.6. The first-order valence-corrected chi connectivity index (χ1v) is 11.5. The van der Waals surface area contributed by atoms with Crippen LogP contribution in [0.4, 0.5) is 0 Å². The molecular weight excluding hydrogens is 438 g/mol. The van der Waals surface area contributed by atoms with Crippen molar-refractivity contribution in [3.63, 3.8) is 0 Å². The molecule has 0 bridgehead atoms. The Bertz CT molecular complexity index is 1180. The number of carbonyl (C=O) groups excluding carboxylic acids is 2. The van der Waals surface area contributed by atoms with Crippen LogP contribution in [-0.2, 0) is 16.1 Å². The largest absolute Gasteiger partial charge is 0.507 e. The number of ether oxygens (including phenoxy) is 2. The average molecular weight is 464 g/mol. The number of amides is 1. The second-order valence-corrected chi connectivity index (χ2v) is 8.96. The van der Waals surface area contributed by atoms with Gasteiger partial charge in [-0.1, -0.05) is 18.2 Å². The van der Waals surface area contributed by atoms with Crippen molar-refractivity contribution in [3.05, 3.63) is 87.6 Å². The van der Waals surface area contributed by atoms with E-state index in [2.05, 4.69) is 0 Å². The van der Waals surface area contributed by atoms with Crippen LogP contribution in [0.1, 0.15) is 35.9 Å². The van der Waals surface area contributed by atoms with Gasteiger partial charge >= 0.3 is 0 Å². The first-order chi connectivity index (χ1) is 15.9. The molecule has 33 heavy (non-hydrogen) atoms. The maximum absolute atomic E-state index is 13.1. The van der Waals surface area contributed by atoms with Crippen LogP contribution in [-0.4, -0.2) is 34.9 Å². The number of aliphatic hydroxyl groups excluding tert-OH is 1. The fourth-order valence-electron chi connectivity index (χ4n) is 3.87. The molecule has 0 saturated carbocycles. The third-order valence-corrected chi connectivity index (χ3v) is 6.26. The summed E-state index contributed by atoms with van der Waals surface area (Å²) < 4.78 is 10.9. The Morgan fingerprint density at radius 3 is 2.45 bits per heavy atom. The lowest BCUT2D eigenvalue weighted by Gasteiger charge is -2.24. The Balaban J connectivity index is 1.75. The Kier molecular flexibility index (Phi) is 6.51. The van der Waals surface area contributed by atoms with Gasteiger partial charge in [-0.3, -0.25) is 9.59 Å². The van der Waals surface area contributed by atoms with Crippen molar-refractivity contribution in [1.29, 1.82) is 0 Å². The number of ketones is 1. The predicted octanol–water partition coefficient (Wildman–Crippen LogP) is 5.17. The zero-order chi connectivity index (χ0) is 23.5. The molecule has 2 heterocycles. The number of nitrogens with zero attached hydrogens (tertiary/aromatic N) is 1. The lowest BCUT2D eigenvalue weighted by molar-refractivity contribution is -0.140. The van der Waals surface area contributed by atoms with Crippen molar-refractivity contribution in [1.82, 2.24) is 4.90 Å². The number of hydrogen-bond donors (Lipinski definition) is 1.